The minimum absolute atomic E-state index is 0.0529. The second-order valence-corrected chi connectivity index (χ2v) is 7.91. The quantitative estimate of drug-likeness (QED) is 0.699. The van der Waals surface area contributed by atoms with E-state index in [0.29, 0.717) is 31.3 Å². The zero-order valence-corrected chi connectivity index (χ0v) is 16.6. The van der Waals surface area contributed by atoms with Crippen molar-refractivity contribution in [1.82, 2.24) is 15.5 Å². The molecule has 1 aliphatic carbocycles. The van der Waals surface area contributed by atoms with Gasteiger partial charge < -0.3 is 20.3 Å². The van der Waals surface area contributed by atoms with Gasteiger partial charge >= 0.3 is 6.03 Å². The summed E-state index contributed by atoms with van der Waals surface area (Å²) >= 11 is 5.96. The lowest BCUT2D eigenvalue weighted by atomic mass is 9.94. The summed E-state index contributed by atoms with van der Waals surface area (Å²) in [5.41, 5.74) is 0.642. The van der Waals surface area contributed by atoms with Crippen LogP contribution in [0.2, 0.25) is 5.02 Å². The summed E-state index contributed by atoms with van der Waals surface area (Å²) < 4.78 is 4.96. The molecule has 148 valence electrons. The van der Waals surface area contributed by atoms with Gasteiger partial charge in [-0.3, -0.25) is 4.79 Å². The third-order valence-corrected chi connectivity index (χ3v) is 5.77. The number of piperidine rings is 1. The van der Waals surface area contributed by atoms with Crippen LogP contribution in [-0.4, -0.2) is 56.7 Å². The maximum Gasteiger partial charge on any atom is 0.317 e. The number of urea groups is 1. The van der Waals surface area contributed by atoms with Crippen molar-refractivity contribution in [2.45, 2.75) is 31.1 Å². The van der Waals surface area contributed by atoms with Gasteiger partial charge in [-0.2, -0.15) is 0 Å². The van der Waals surface area contributed by atoms with Crippen molar-refractivity contribution in [2.75, 3.05) is 39.9 Å². The molecule has 1 heterocycles. The first-order chi connectivity index (χ1) is 13.0. The topological polar surface area (TPSA) is 70.7 Å². The first-order valence-corrected chi connectivity index (χ1v) is 9.99. The van der Waals surface area contributed by atoms with Gasteiger partial charge in [0.2, 0.25) is 5.91 Å². The van der Waals surface area contributed by atoms with Gasteiger partial charge in [0.25, 0.3) is 0 Å². The van der Waals surface area contributed by atoms with Gasteiger partial charge in [-0.15, -0.1) is 0 Å². The number of nitrogens with zero attached hydrogens (tertiary/aromatic N) is 1. The Hall–Kier alpha value is -1.79. The van der Waals surface area contributed by atoms with Crippen LogP contribution in [-0.2, 0) is 14.9 Å². The van der Waals surface area contributed by atoms with Gasteiger partial charge in [0.15, 0.2) is 0 Å². The van der Waals surface area contributed by atoms with E-state index < -0.39 is 5.41 Å². The molecular formula is C20H28ClN3O3. The molecule has 2 fully saturated rings. The van der Waals surface area contributed by atoms with Gasteiger partial charge in [-0.1, -0.05) is 23.7 Å². The number of likely N-dealkylation sites (tertiary alicyclic amines) is 1. The lowest BCUT2D eigenvalue weighted by Crippen LogP contribution is -2.48. The third kappa shape index (κ3) is 4.93. The number of methoxy groups -OCH3 is 1. The van der Waals surface area contributed by atoms with E-state index in [9.17, 15) is 9.59 Å². The van der Waals surface area contributed by atoms with Crippen LogP contribution in [0.4, 0.5) is 4.79 Å². The Bertz CT molecular complexity index is 661. The molecule has 2 aliphatic rings. The molecule has 2 N–H and O–H groups in total. The molecular weight excluding hydrogens is 366 g/mol. The molecule has 3 amide bonds. The highest BCUT2D eigenvalue weighted by Gasteiger charge is 2.51. The molecule has 1 aliphatic heterocycles. The second-order valence-electron chi connectivity index (χ2n) is 7.48. The Morgan fingerprint density at radius 1 is 1.26 bits per heavy atom. The third-order valence-electron chi connectivity index (χ3n) is 5.52. The molecule has 27 heavy (non-hydrogen) atoms. The highest BCUT2D eigenvalue weighted by atomic mass is 35.5. The summed E-state index contributed by atoms with van der Waals surface area (Å²) in [5.74, 6) is 0.378. The van der Waals surface area contributed by atoms with Crippen LogP contribution in [0.25, 0.3) is 0 Å². The van der Waals surface area contributed by atoms with Crippen molar-refractivity contribution < 1.29 is 14.3 Å². The Kier molecular flexibility index (Phi) is 6.60. The van der Waals surface area contributed by atoms with E-state index in [2.05, 4.69) is 10.6 Å². The molecule has 0 aromatic heterocycles. The minimum Gasteiger partial charge on any atom is -0.383 e. The molecule has 1 aromatic rings. The fraction of sp³-hybridized carbons (Fsp3) is 0.600. The molecule has 7 heteroatoms. The fourth-order valence-electron chi connectivity index (χ4n) is 3.73. The highest BCUT2D eigenvalue weighted by Crippen LogP contribution is 2.48. The summed E-state index contributed by atoms with van der Waals surface area (Å²) in [6.45, 7) is 3.06. The maximum absolute atomic E-state index is 12.8. The number of benzene rings is 1. The number of hydrogen-bond donors (Lipinski definition) is 2. The first kappa shape index (κ1) is 20.0. The van der Waals surface area contributed by atoms with E-state index in [1.807, 2.05) is 29.2 Å². The number of halogens is 1. The van der Waals surface area contributed by atoms with Gasteiger partial charge in [-0.25, -0.2) is 4.79 Å². The number of hydrogen-bond acceptors (Lipinski definition) is 3. The van der Waals surface area contributed by atoms with E-state index in [0.717, 1.165) is 37.8 Å². The summed E-state index contributed by atoms with van der Waals surface area (Å²) in [7, 11) is 1.61. The molecule has 1 aromatic carbocycles. The average molecular weight is 394 g/mol. The number of carbonyl (C=O) groups is 2. The fourth-order valence-corrected chi connectivity index (χ4v) is 3.86. The lowest BCUT2D eigenvalue weighted by Gasteiger charge is -2.33. The van der Waals surface area contributed by atoms with Crippen molar-refractivity contribution in [1.29, 1.82) is 0 Å². The lowest BCUT2D eigenvalue weighted by molar-refractivity contribution is -0.123. The molecule has 0 bridgehead atoms. The molecule has 3 rings (SSSR count). The van der Waals surface area contributed by atoms with Gasteiger partial charge in [0.05, 0.1) is 12.0 Å². The predicted molar refractivity (Wildman–Crippen MR) is 105 cm³/mol. The zero-order chi connectivity index (χ0) is 19.3. The molecule has 6 nitrogen and oxygen atoms in total. The van der Waals surface area contributed by atoms with Crippen molar-refractivity contribution in [3.8, 4) is 0 Å². The van der Waals surface area contributed by atoms with E-state index in [1.54, 1.807) is 7.11 Å². The summed E-state index contributed by atoms with van der Waals surface area (Å²) in [6.07, 6.45) is 3.73. The molecule has 0 spiro atoms. The molecule has 1 saturated heterocycles. The van der Waals surface area contributed by atoms with Crippen LogP contribution in [0.15, 0.2) is 24.3 Å². The Morgan fingerprint density at radius 2 is 2.00 bits per heavy atom. The largest absolute Gasteiger partial charge is 0.383 e. The van der Waals surface area contributed by atoms with Gasteiger partial charge in [0, 0.05) is 38.3 Å². The smallest absolute Gasteiger partial charge is 0.317 e. The van der Waals surface area contributed by atoms with Crippen LogP contribution in [0.5, 0.6) is 0 Å². The second kappa shape index (κ2) is 8.93. The summed E-state index contributed by atoms with van der Waals surface area (Å²) in [5, 5.41) is 6.67. The van der Waals surface area contributed by atoms with Crippen molar-refractivity contribution in [3.05, 3.63) is 34.9 Å². The molecule has 0 radical (unpaired) electrons. The molecule has 1 saturated carbocycles. The van der Waals surface area contributed by atoms with E-state index in [-0.39, 0.29) is 17.9 Å². The Balaban J connectivity index is 1.48. The molecule has 1 atom stereocenters. The number of carbonyl (C=O) groups excluding carboxylic acids is 2. The highest BCUT2D eigenvalue weighted by molar-refractivity contribution is 6.30. The Labute approximate surface area is 165 Å². The SMILES string of the molecule is COCCNC(=O)N1CCC[C@@H](CNC(=O)C2(c3ccc(Cl)cc3)CC2)C1. The zero-order valence-electron chi connectivity index (χ0n) is 15.8. The van der Waals surface area contributed by atoms with E-state index in [4.69, 9.17) is 16.3 Å². The standard InChI is InChI=1S/C20H28ClN3O3/c1-27-12-10-22-19(26)24-11-2-3-15(14-24)13-23-18(25)20(8-9-20)16-4-6-17(21)7-5-16/h4-7,15H,2-3,8-14H2,1H3,(H,22,26)(H,23,25)/t15-/m0/s1. The van der Waals surface area contributed by atoms with Crippen LogP contribution in [0.1, 0.15) is 31.2 Å². The predicted octanol–water partition coefficient (Wildman–Crippen LogP) is 2.56. The number of amides is 3. The average Bonchev–Trinajstić information content (AvgIpc) is 3.49. The number of rotatable bonds is 7. The van der Waals surface area contributed by atoms with Crippen molar-refractivity contribution in [2.24, 2.45) is 5.92 Å². The van der Waals surface area contributed by atoms with E-state index >= 15 is 0 Å². The summed E-state index contributed by atoms with van der Waals surface area (Å²) in [6, 6.07) is 7.52. The van der Waals surface area contributed by atoms with Gasteiger partial charge in [0.1, 0.15) is 0 Å². The molecule has 0 unspecified atom stereocenters. The minimum atomic E-state index is -0.392. The number of nitrogens with one attached hydrogen (secondary N) is 2. The summed E-state index contributed by atoms with van der Waals surface area (Å²) in [4.78, 5) is 26.8. The van der Waals surface area contributed by atoms with Crippen LogP contribution >= 0.6 is 11.6 Å². The first-order valence-electron chi connectivity index (χ1n) is 9.61. The van der Waals surface area contributed by atoms with Crippen LogP contribution in [0.3, 0.4) is 0 Å². The van der Waals surface area contributed by atoms with Crippen LogP contribution in [0, 0.1) is 5.92 Å². The monoisotopic (exact) mass is 393 g/mol. The Morgan fingerprint density at radius 3 is 2.67 bits per heavy atom. The van der Waals surface area contributed by atoms with Gasteiger partial charge in [-0.05, 0) is 49.3 Å². The normalized spacial score (nSPS) is 20.8. The van der Waals surface area contributed by atoms with Crippen LogP contribution < -0.4 is 10.6 Å². The maximum atomic E-state index is 12.8. The number of ether oxygens (including phenoxy) is 1. The van der Waals surface area contributed by atoms with Crippen molar-refractivity contribution in [3.63, 3.8) is 0 Å². The van der Waals surface area contributed by atoms with Crippen molar-refractivity contribution >= 4 is 23.5 Å². The van der Waals surface area contributed by atoms with E-state index in [1.165, 1.54) is 0 Å².